The van der Waals surface area contributed by atoms with Gasteiger partial charge >= 0.3 is 0 Å². The van der Waals surface area contributed by atoms with E-state index in [1.165, 1.54) is 15.5 Å². The maximum Gasteiger partial charge on any atom is 0.103 e. The normalized spacial score (nSPS) is 10.5. The summed E-state index contributed by atoms with van der Waals surface area (Å²) in [6.07, 6.45) is 1.85. The number of thioether (sulfide) groups is 1. The zero-order valence-electron chi connectivity index (χ0n) is 8.22. The molecule has 2 aromatic rings. The van der Waals surface area contributed by atoms with Gasteiger partial charge in [-0.15, -0.1) is 23.1 Å². The maximum atomic E-state index is 5.54. The number of nitrogens with zero attached hydrogens (tertiary/aromatic N) is 1. The van der Waals surface area contributed by atoms with Gasteiger partial charge in [-0.25, -0.2) is 4.98 Å². The summed E-state index contributed by atoms with van der Waals surface area (Å²) in [5.74, 6) is 0.944. The van der Waals surface area contributed by atoms with Crippen LogP contribution in [0.1, 0.15) is 10.6 Å². The molecule has 0 aliphatic heterocycles. The molecular formula is C11H12N2S2. The van der Waals surface area contributed by atoms with Gasteiger partial charge < -0.3 is 5.73 Å². The molecule has 2 rings (SSSR count). The summed E-state index contributed by atoms with van der Waals surface area (Å²) in [7, 11) is 0. The van der Waals surface area contributed by atoms with Crippen LogP contribution in [0.15, 0.2) is 40.7 Å². The molecule has 0 spiro atoms. The first-order chi connectivity index (χ1) is 7.38. The smallest absolute Gasteiger partial charge is 0.103 e. The Labute approximate surface area is 97.5 Å². The summed E-state index contributed by atoms with van der Waals surface area (Å²) in [6.45, 7) is 0.609. The van der Waals surface area contributed by atoms with Gasteiger partial charge in [-0.1, -0.05) is 12.1 Å². The molecule has 0 atom stereocenters. The van der Waals surface area contributed by atoms with Crippen LogP contribution in [0.2, 0.25) is 0 Å². The van der Waals surface area contributed by atoms with Crippen molar-refractivity contribution in [2.45, 2.75) is 17.2 Å². The van der Waals surface area contributed by atoms with Crippen molar-refractivity contribution in [1.82, 2.24) is 4.98 Å². The molecule has 2 N–H and O–H groups in total. The van der Waals surface area contributed by atoms with Crippen molar-refractivity contribution in [2.24, 2.45) is 5.73 Å². The molecule has 0 amide bonds. The minimum absolute atomic E-state index is 0.609. The predicted octanol–water partition coefficient (Wildman–Crippen LogP) is 2.89. The van der Waals surface area contributed by atoms with Gasteiger partial charge in [-0.3, -0.25) is 0 Å². The highest BCUT2D eigenvalue weighted by atomic mass is 32.2. The van der Waals surface area contributed by atoms with Gasteiger partial charge in [0.25, 0.3) is 0 Å². The van der Waals surface area contributed by atoms with E-state index in [1.54, 1.807) is 23.1 Å². The molecule has 0 aliphatic carbocycles. The third-order valence-electron chi connectivity index (χ3n) is 2.00. The number of nitrogens with two attached hydrogens (primary N) is 1. The quantitative estimate of drug-likeness (QED) is 0.830. The Kier molecular flexibility index (Phi) is 3.77. The van der Waals surface area contributed by atoms with E-state index in [2.05, 4.69) is 29.2 Å². The fraction of sp³-hybridized carbons (Fsp3) is 0.182. The largest absolute Gasteiger partial charge is 0.326 e. The van der Waals surface area contributed by atoms with Gasteiger partial charge in [0.05, 0.1) is 5.75 Å². The van der Waals surface area contributed by atoms with E-state index in [0.29, 0.717) is 6.54 Å². The lowest BCUT2D eigenvalue weighted by Gasteiger charge is -2.00. The Hall–Kier alpha value is -0.840. The third kappa shape index (κ3) is 3.06. The molecule has 1 heterocycles. The van der Waals surface area contributed by atoms with Crippen molar-refractivity contribution in [1.29, 1.82) is 0 Å². The Bertz CT molecular complexity index is 395. The minimum atomic E-state index is 0.609. The Balaban J connectivity index is 1.93. The van der Waals surface area contributed by atoms with Gasteiger partial charge in [0.1, 0.15) is 5.01 Å². The van der Waals surface area contributed by atoms with Gasteiger partial charge in [-0.2, -0.15) is 0 Å². The summed E-state index contributed by atoms with van der Waals surface area (Å²) in [5.41, 5.74) is 6.71. The van der Waals surface area contributed by atoms with E-state index in [0.717, 1.165) is 5.75 Å². The Morgan fingerprint density at radius 1 is 1.27 bits per heavy atom. The summed E-state index contributed by atoms with van der Waals surface area (Å²) in [6, 6.07) is 8.37. The molecule has 2 nitrogen and oxygen atoms in total. The number of hydrogen-bond acceptors (Lipinski definition) is 4. The number of rotatable bonds is 4. The molecule has 0 saturated carbocycles. The average molecular weight is 236 g/mol. The zero-order valence-corrected chi connectivity index (χ0v) is 9.85. The summed E-state index contributed by atoms with van der Waals surface area (Å²) >= 11 is 3.50. The van der Waals surface area contributed by atoms with Crippen LogP contribution in [0.3, 0.4) is 0 Å². The highest BCUT2D eigenvalue weighted by Gasteiger charge is 1.98. The standard InChI is InChI=1S/C11H12N2S2/c12-7-9-1-3-10(4-2-9)15-8-11-13-5-6-14-11/h1-6H,7-8,12H2. The second-order valence-corrected chi connectivity index (χ2v) is 5.09. The third-order valence-corrected chi connectivity index (χ3v) is 3.99. The van der Waals surface area contributed by atoms with Gasteiger partial charge in [0.2, 0.25) is 0 Å². The van der Waals surface area contributed by atoms with Crippen LogP contribution in [0.5, 0.6) is 0 Å². The molecule has 0 saturated heterocycles. The van der Waals surface area contributed by atoms with Gasteiger partial charge in [-0.05, 0) is 17.7 Å². The monoisotopic (exact) mass is 236 g/mol. The molecule has 0 unspecified atom stereocenters. The fourth-order valence-corrected chi connectivity index (χ4v) is 2.73. The molecule has 78 valence electrons. The van der Waals surface area contributed by atoms with Crippen molar-refractivity contribution < 1.29 is 0 Å². The van der Waals surface area contributed by atoms with Crippen molar-refractivity contribution in [3.63, 3.8) is 0 Å². The number of thiazole rings is 1. The SMILES string of the molecule is NCc1ccc(SCc2nccs2)cc1. The summed E-state index contributed by atoms with van der Waals surface area (Å²) in [4.78, 5) is 5.51. The van der Waals surface area contributed by atoms with Crippen LogP contribution in [0.25, 0.3) is 0 Å². The molecule has 4 heteroatoms. The van der Waals surface area contributed by atoms with Crippen LogP contribution in [0, 0.1) is 0 Å². The zero-order chi connectivity index (χ0) is 10.5. The number of hydrogen-bond donors (Lipinski definition) is 1. The molecule has 0 radical (unpaired) electrons. The maximum absolute atomic E-state index is 5.54. The molecule has 1 aromatic carbocycles. The van der Waals surface area contributed by atoms with Crippen molar-refractivity contribution in [3.8, 4) is 0 Å². The van der Waals surface area contributed by atoms with Crippen LogP contribution >= 0.6 is 23.1 Å². The first-order valence-corrected chi connectivity index (χ1v) is 6.55. The minimum Gasteiger partial charge on any atom is -0.326 e. The summed E-state index contributed by atoms with van der Waals surface area (Å²) in [5, 5.41) is 3.18. The van der Waals surface area contributed by atoms with Gasteiger partial charge in [0, 0.05) is 23.0 Å². The lowest BCUT2D eigenvalue weighted by molar-refractivity contribution is 1.07. The second-order valence-electron chi connectivity index (χ2n) is 3.06. The van der Waals surface area contributed by atoms with E-state index in [1.807, 2.05) is 11.6 Å². The fourth-order valence-electron chi connectivity index (χ4n) is 1.19. The van der Waals surface area contributed by atoms with E-state index in [4.69, 9.17) is 5.73 Å². The van der Waals surface area contributed by atoms with Crippen molar-refractivity contribution in [2.75, 3.05) is 0 Å². The van der Waals surface area contributed by atoms with Crippen LogP contribution < -0.4 is 5.73 Å². The van der Waals surface area contributed by atoms with E-state index < -0.39 is 0 Å². The van der Waals surface area contributed by atoms with E-state index >= 15 is 0 Å². The topological polar surface area (TPSA) is 38.9 Å². The molecule has 0 fully saturated rings. The molecule has 0 bridgehead atoms. The highest BCUT2D eigenvalue weighted by molar-refractivity contribution is 7.98. The number of aromatic nitrogens is 1. The van der Waals surface area contributed by atoms with E-state index in [9.17, 15) is 0 Å². The molecule has 1 aromatic heterocycles. The van der Waals surface area contributed by atoms with E-state index in [-0.39, 0.29) is 0 Å². The lowest BCUT2D eigenvalue weighted by Crippen LogP contribution is -1.94. The van der Waals surface area contributed by atoms with Crippen molar-refractivity contribution in [3.05, 3.63) is 46.4 Å². The first kappa shape index (κ1) is 10.7. The average Bonchev–Trinajstić information content (AvgIpc) is 2.80. The van der Waals surface area contributed by atoms with Crippen LogP contribution in [-0.2, 0) is 12.3 Å². The first-order valence-electron chi connectivity index (χ1n) is 4.68. The van der Waals surface area contributed by atoms with Gasteiger partial charge in [0.15, 0.2) is 0 Å². The Morgan fingerprint density at radius 2 is 2.07 bits per heavy atom. The highest BCUT2D eigenvalue weighted by Crippen LogP contribution is 2.23. The summed E-state index contributed by atoms with van der Waals surface area (Å²) < 4.78 is 0. The second kappa shape index (κ2) is 5.30. The molecule has 15 heavy (non-hydrogen) atoms. The van der Waals surface area contributed by atoms with Crippen LogP contribution in [0.4, 0.5) is 0 Å². The molecular weight excluding hydrogens is 224 g/mol. The lowest BCUT2D eigenvalue weighted by atomic mass is 10.2. The Morgan fingerprint density at radius 3 is 2.67 bits per heavy atom. The van der Waals surface area contributed by atoms with Crippen molar-refractivity contribution >= 4 is 23.1 Å². The van der Waals surface area contributed by atoms with Crippen LogP contribution in [-0.4, -0.2) is 4.98 Å². The number of benzene rings is 1. The molecule has 0 aliphatic rings. The predicted molar refractivity (Wildman–Crippen MR) is 66.0 cm³/mol.